The Morgan fingerprint density at radius 1 is 1.15 bits per heavy atom. The van der Waals surface area contributed by atoms with Crippen LogP contribution in [0.1, 0.15) is 42.9 Å². The van der Waals surface area contributed by atoms with Gasteiger partial charge in [0, 0.05) is 5.56 Å². The average Bonchev–Trinajstić information content (AvgIpc) is 3.09. The fraction of sp³-hybridized carbons (Fsp3) is 0.476. The van der Waals surface area contributed by atoms with E-state index in [4.69, 9.17) is 9.16 Å². The second-order valence-corrected chi connectivity index (χ2v) is 13.5. The number of benzene rings is 1. The molecule has 0 unspecified atom stereocenters. The van der Waals surface area contributed by atoms with Gasteiger partial charge in [0.2, 0.25) is 0 Å². The van der Waals surface area contributed by atoms with Crippen molar-refractivity contribution in [3.63, 3.8) is 0 Å². The molecule has 0 radical (unpaired) electrons. The maximum atomic E-state index is 11.9. The van der Waals surface area contributed by atoms with E-state index in [1.54, 1.807) is 0 Å². The van der Waals surface area contributed by atoms with Gasteiger partial charge in [-0.15, -0.1) is 11.3 Å². The molecule has 0 atom stereocenters. The molecule has 0 saturated heterocycles. The van der Waals surface area contributed by atoms with E-state index in [0.29, 0.717) is 17.4 Å². The predicted octanol–water partition coefficient (Wildman–Crippen LogP) is 6.36. The Balaban J connectivity index is 2.12. The SMILES string of the molecule is COC(=O)c1sccc1-c1ccc(CO[Si](C)(C)C(C)(C)C(C)C)cc1. The van der Waals surface area contributed by atoms with Crippen molar-refractivity contribution >= 4 is 25.6 Å². The Bertz CT molecular complexity index is 745. The molecule has 3 nitrogen and oxygen atoms in total. The topological polar surface area (TPSA) is 35.5 Å². The second kappa shape index (κ2) is 8.07. The molecule has 0 aliphatic carbocycles. The van der Waals surface area contributed by atoms with Gasteiger partial charge in [0.1, 0.15) is 4.88 Å². The summed E-state index contributed by atoms with van der Waals surface area (Å²) in [5, 5.41) is 2.12. The first kappa shape index (κ1) is 20.9. The van der Waals surface area contributed by atoms with Crippen molar-refractivity contribution in [2.75, 3.05) is 7.11 Å². The van der Waals surface area contributed by atoms with Gasteiger partial charge in [-0.25, -0.2) is 4.79 Å². The third-order valence-electron chi connectivity index (χ3n) is 5.90. The van der Waals surface area contributed by atoms with Crippen LogP contribution in [-0.2, 0) is 15.8 Å². The minimum atomic E-state index is -1.83. The highest BCUT2D eigenvalue weighted by Crippen LogP contribution is 2.44. The van der Waals surface area contributed by atoms with Gasteiger partial charge < -0.3 is 9.16 Å². The van der Waals surface area contributed by atoms with E-state index in [0.717, 1.165) is 16.7 Å². The van der Waals surface area contributed by atoms with Crippen LogP contribution in [0.5, 0.6) is 0 Å². The average molecular weight is 391 g/mol. The third kappa shape index (κ3) is 4.27. The summed E-state index contributed by atoms with van der Waals surface area (Å²) in [7, 11) is -0.419. The van der Waals surface area contributed by atoms with Crippen LogP contribution in [0.4, 0.5) is 0 Å². The normalized spacial score (nSPS) is 12.5. The lowest BCUT2D eigenvalue weighted by molar-refractivity contribution is 0.0607. The van der Waals surface area contributed by atoms with Gasteiger partial charge in [-0.1, -0.05) is 52.0 Å². The zero-order valence-electron chi connectivity index (χ0n) is 16.9. The number of esters is 1. The fourth-order valence-corrected chi connectivity index (χ4v) is 5.84. The number of ether oxygens (including phenoxy) is 1. The van der Waals surface area contributed by atoms with Crippen molar-refractivity contribution in [2.24, 2.45) is 5.92 Å². The molecule has 0 aliphatic heterocycles. The summed E-state index contributed by atoms with van der Waals surface area (Å²) in [6.07, 6.45) is 0. The number of thiophene rings is 1. The summed E-state index contributed by atoms with van der Waals surface area (Å²) in [5.74, 6) is 0.299. The zero-order chi connectivity index (χ0) is 19.5. The lowest BCUT2D eigenvalue weighted by Crippen LogP contribution is -2.45. The number of methoxy groups -OCH3 is 1. The van der Waals surface area contributed by atoms with Gasteiger partial charge in [-0.05, 0) is 46.6 Å². The van der Waals surface area contributed by atoms with E-state index < -0.39 is 8.32 Å². The van der Waals surface area contributed by atoms with E-state index in [1.165, 1.54) is 18.4 Å². The van der Waals surface area contributed by atoms with Gasteiger partial charge in [-0.2, -0.15) is 0 Å². The molecule has 142 valence electrons. The summed E-state index contributed by atoms with van der Waals surface area (Å²) >= 11 is 1.41. The first-order chi connectivity index (χ1) is 12.1. The molecule has 5 heteroatoms. The number of carbonyl (C=O) groups excluding carboxylic acids is 1. The lowest BCUT2D eigenvalue weighted by atomic mass is 9.99. The van der Waals surface area contributed by atoms with Crippen molar-refractivity contribution in [2.45, 2.75) is 52.4 Å². The van der Waals surface area contributed by atoms with Crippen LogP contribution in [0.3, 0.4) is 0 Å². The maximum absolute atomic E-state index is 11.9. The van der Waals surface area contributed by atoms with E-state index >= 15 is 0 Å². The van der Waals surface area contributed by atoms with Gasteiger partial charge in [-0.3, -0.25) is 0 Å². The van der Waals surface area contributed by atoms with Crippen molar-refractivity contribution in [3.05, 3.63) is 46.2 Å². The van der Waals surface area contributed by atoms with Crippen molar-refractivity contribution in [3.8, 4) is 11.1 Å². The van der Waals surface area contributed by atoms with E-state index in [1.807, 2.05) is 11.4 Å². The quantitative estimate of drug-likeness (QED) is 0.407. The molecule has 0 spiro atoms. The van der Waals surface area contributed by atoms with E-state index in [2.05, 4.69) is 65.1 Å². The monoisotopic (exact) mass is 390 g/mol. The molecule has 0 amide bonds. The van der Waals surface area contributed by atoms with Gasteiger partial charge >= 0.3 is 5.97 Å². The first-order valence-corrected chi connectivity index (χ1v) is 12.8. The Morgan fingerprint density at radius 3 is 2.31 bits per heavy atom. The number of rotatable bonds is 7. The Labute approximate surface area is 162 Å². The number of hydrogen-bond donors (Lipinski definition) is 0. The number of hydrogen-bond acceptors (Lipinski definition) is 4. The molecule has 26 heavy (non-hydrogen) atoms. The molecule has 1 aromatic carbocycles. The molecular formula is C21H30O3SSi. The Hall–Kier alpha value is -1.43. The fourth-order valence-electron chi connectivity index (χ4n) is 2.71. The summed E-state index contributed by atoms with van der Waals surface area (Å²) < 4.78 is 11.3. The summed E-state index contributed by atoms with van der Waals surface area (Å²) in [6, 6.07) is 10.2. The summed E-state index contributed by atoms with van der Waals surface area (Å²) in [6.45, 7) is 14.4. The molecule has 0 fully saturated rings. The molecule has 1 heterocycles. The van der Waals surface area contributed by atoms with Gasteiger partial charge in [0.05, 0.1) is 13.7 Å². The van der Waals surface area contributed by atoms with Crippen LogP contribution in [0.15, 0.2) is 35.7 Å². The molecular weight excluding hydrogens is 360 g/mol. The van der Waals surface area contributed by atoms with Crippen LogP contribution in [0.2, 0.25) is 18.1 Å². The van der Waals surface area contributed by atoms with Gasteiger partial charge in [0.15, 0.2) is 8.32 Å². The molecule has 2 rings (SSSR count). The highest BCUT2D eigenvalue weighted by atomic mass is 32.1. The third-order valence-corrected chi connectivity index (χ3v) is 11.3. The van der Waals surface area contributed by atoms with Crippen LogP contribution in [-0.4, -0.2) is 21.4 Å². The van der Waals surface area contributed by atoms with Crippen LogP contribution < -0.4 is 0 Å². The molecule has 0 bridgehead atoms. The van der Waals surface area contributed by atoms with Crippen molar-refractivity contribution in [1.82, 2.24) is 0 Å². The molecule has 0 saturated carbocycles. The summed E-state index contributed by atoms with van der Waals surface area (Å²) in [5.41, 5.74) is 3.10. The van der Waals surface area contributed by atoms with Crippen LogP contribution in [0.25, 0.3) is 11.1 Å². The lowest BCUT2D eigenvalue weighted by Gasteiger charge is -2.42. The smallest absolute Gasteiger partial charge is 0.348 e. The molecule has 2 aromatic rings. The van der Waals surface area contributed by atoms with Crippen LogP contribution >= 0.6 is 11.3 Å². The van der Waals surface area contributed by atoms with Crippen molar-refractivity contribution in [1.29, 1.82) is 0 Å². The minimum Gasteiger partial charge on any atom is -0.465 e. The standard InChI is InChI=1S/C21H30O3SSi/c1-15(2)21(3,4)26(6,7)24-14-16-8-10-17(11-9-16)18-12-13-25-19(18)20(22)23-5/h8-13,15H,14H2,1-7H3. The molecule has 0 N–H and O–H groups in total. The van der Waals surface area contributed by atoms with Gasteiger partial charge in [0.25, 0.3) is 0 Å². The second-order valence-electron chi connectivity index (χ2n) is 8.03. The van der Waals surface area contributed by atoms with E-state index in [-0.39, 0.29) is 11.0 Å². The summed E-state index contributed by atoms with van der Waals surface area (Å²) in [4.78, 5) is 12.5. The molecule has 1 aromatic heterocycles. The highest BCUT2D eigenvalue weighted by molar-refractivity contribution is 7.12. The maximum Gasteiger partial charge on any atom is 0.348 e. The van der Waals surface area contributed by atoms with Crippen LogP contribution in [0, 0.1) is 5.92 Å². The predicted molar refractivity (Wildman–Crippen MR) is 112 cm³/mol. The Morgan fingerprint density at radius 2 is 1.77 bits per heavy atom. The highest BCUT2D eigenvalue weighted by Gasteiger charge is 2.43. The minimum absolute atomic E-state index is 0.207. The first-order valence-electron chi connectivity index (χ1n) is 8.99. The molecule has 0 aliphatic rings. The zero-order valence-corrected chi connectivity index (χ0v) is 18.7. The van der Waals surface area contributed by atoms with E-state index in [9.17, 15) is 4.79 Å². The Kier molecular flexibility index (Phi) is 6.48. The number of carbonyl (C=O) groups is 1. The largest absolute Gasteiger partial charge is 0.465 e. The van der Waals surface area contributed by atoms with Crippen molar-refractivity contribution < 1.29 is 14.0 Å².